The number of methoxy groups -OCH3 is 1. The second kappa shape index (κ2) is 6.35. The van der Waals surface area contributed by atoms with Crippen LogP contribution < -0.4 is 10.6 Å². The van der Waals surface area contributed by atoms with Crippen LogP contribution in [-0.4, -0.2) is 37.3 Å². The topological polar surface area (TPSA) is 80.0 Å². The molecule has 3 unspecified atom stereocenters. The molecule has 2 N–H and O–H groups in total. The van der Waals surface area contributed by atoms with Gasteiger partial charge in [-0.15, -0.1) is 0 Å². The Morgan fingerprint density at radius 2 is 2.17 bits per heavy atom. The highest BCUT2D eigenvalue weighted by Crippen LogP contribution is 2.38. The molecule has 1 aliphatic carbocycles. The van der Waals surface area contributed by atoms with Gasteiger partial charge in [-0.3, -0.25) is 9.59 Å². The second-order valence-corrected chi connectivity index (χ2v) is 6.57. The first kappa shape index (κ1) is 16.1. The number of hydrogen-bond acceptors (Lipinski definition) is 4. The molecule has 0 bridgehead atoms. The number of carbonyl (C=O) groups is 2. The molecule has 2 aliphatic heterocycles. The normalized spacial score (nSPS) is 30.3. The molecular formula is C17H24N2O4. The standard InChI is InChI=1S/C17H24N2O4/c1-9(11-4-5-11)8-13(22-3)10(2)16(21)18-12-6-7-14(20)19-17-15(12)23-17/h11-12,15,17H,1,4-8H2,2-3H3,(H,18,21)(H,19,20)/b13-10-. The molecule has 0 spiro atoms. The third kappa shape index (κ3) is 3.75. The molecule has 6 nitrogen and oxygen atoms in total. The maximum atomic E-state index is 12.5. The number of fused-ring (bicyclic) bond motifs is 1. The molecule has 0 radical (unpaired) electrons. The average molecular weight is 320 g/mol. The van der Waals surface area contributed by atoms with Crippen molar-refractivity contribution in [1.82, 2.24) is 10.6 Å². The van der Waals surface area contributed by atoms with E-state index in [4.69, 9.17) is 9.47 Å². The lowest BCUT2D eigenvalue weighted by Gasteiger charge is -2.17. The van der Waals surface area contributed by atoms with Crippen molar-refractivity contribution in [2.75, 3.05) is 7.11 Å². The molecule has 2 heterocycles. The number of hydrogen-bond donors (Lipinski definition) is 2. The summed E-state index contributed by atoms with van der Waals surface area (Å²) >= 11 is 0. The van der Waals surface area contributed by atoms with E-state index in [0.29, 0.717) is 36.5 Å². The smallest absolute Gasteiger partial charge is 0.250 e. The van der Waals surface area contributed by atoms with Gasteiger partial charge in [-0.25, -0.2) is 0 Å². The van der Waals surface area contributed by atoms with Crippen LogP contribution in [0.1, 0.15) is 39.0 Å². The minimum absolute atomic E-state index is 0.0279. The van der Waals surface area contributed by atoms with E-state index >= 15 is 0 Å². The Morgan fingerprint density at radius 3 is 2.83 bits per heavy atom. The van der Waals surface area contributed by atoms with Crippen LogP contribution in [0.25, 0.3) is 0 Å². The van der Waals surface area contributed by atoms with Gasteiger partial charge in [-0.1, -0.05) is 12.2 Å². The van der Waals surface area contributed by atoms with Crippen molar-refractivity contribution in [2.24, 2.45) is 5.92 Å². The summed E-state index contributed by atoms with van der Waals surface area (Å²) in [4.78, 5) is 24.0. The fraction of sp³-hybridized carbons (Fsp3) is 0.647. The van der Waals surface area contributed by atoms with Crippen LogP contribution in [-0.2, 0) is 19.1 Å². The molecule has 3 rings (SSSR count). The number of carbonyl (C=O) groups excluding carboxylic acids is 2. The summed E-state index contributed by atoms with van der Waals surface area (Å²) in [5.41, 5.74) is 1.69. The van der Waals surface area contributed by atoms with Crippen LogP contribution in [0.2, 0.25) is 0 Å². The first-order chi connectivity index (χ1) is 11.0. The van der Waals surface area contributed by atoms with Gasteiger partial charge in [0.25, 0.3) is 5.91 Å². The molecule has 3 aliphatic rings. The number of amides is 2. The molecule has 3 atom stereocenters. The van der Waals surface area contributed by atoms with E-state index in [-0.39, 0.29) is 30.2 Å². The van der Waals surface area contributed by atoms with Gasteiger partial charge in [0.2, 0.25) is 5.91 Å². The van der Waals surface area contributed by atoms with Crippen molar-refractivity contribution in [1.29, 1.82) is 0 Å². The Hall–Kier alpha value is -1.82. The van der Waals surface area contributed by atoms with Crippen LogP contribution in [0.15, 0.2) is 23.5 Å². The van der Waals surface area contributed by atoms with E-state index in [1.807, 2.05) is 0 Å². The summed E-state index contributed by atoms with van der Waals surface area (Å²) in [5.74, 6) is 1.05. The van der Waals surface area contributed by atoms with Crippen LogP contribution in [0.5, 0.6) is 0 Å². The SMILES string of the molecule is C=C(C/C(OC)=C(\C)C(=O)NC1CCC(=O)NC2OC12)C1CC1. The highest BCUT2D eigenvalue weighted by Gasteiger charge is 2.48. The van der Waals surface area contributed by atoms with Crippen molar-refractivity contribution in [2.45, 2.75) is 57.4 Å². The lowest BCUT2D eigenvalue weighted by Crippen LogP contribution is -2.40. The Kier molecular flexibility index (Phi) is 4.43. The molecule has 1 saturated carbocycles. The summed E-state index contributed by atoms with van der Waals surface area (Å²) < 4.78 is 10.8. The first-order valence-electron chi connectivity index (χ1n) is 8.16. The quantitative estimate of drug-likeness (QED) is 0.335. The molecule has 2 amide bonds. The van der Waals surface area contributed by atoms with Crippen molar-refractivity contribution in [3.05, 3.63) is 23.5 Å². The maximum Gasteiger partial charge on any atom is 0.250 e. The van der Waals surface area contributed by atoms with E-state index in [0.717, 1.165) is 5.57 Å². The van der Waals surface area contributed by atoms with Gasteiger partial charge in [0.05, 0.1) is 18.7 Å². The lowest BCUT2D eigenvalue weighted by molar-refractivity contribution is -0.122. The molecule has 0 aromatic carbocycles. The molecule has 126 valence electrons. The van der Waals surface area contributed by atoms with Crippen LogP contribution in [0.3, 0.4) is 0 Å². The molecular weight excluding hydrogens is 296 g/mol. The first-order valence-corrected chi connectivity index (χ1v) is 8.16. The third-order valence-electron chi connectivity index (χ3n) is 4.77. The largest absolute Gasteiger partial charge is 0.500 e. The zero-order valence-corrected chi connectivity index (χ0v) is 13.7. The van der Waals surface area contributed by atoms with Crippen LogP contribution >= 0.6 is 0 Å². The summed E-state index contributed by atoms with van der Waals surface area (Å²) in [5, 5.41) is 5.75. The predicted octanol–water partition coefficient (Wildman–Crippen LogP) is 1.38. The van der Waals surface area contributed by atoms with Gasteiger partial charge in [0.15, 0.2) is 6.23 Å². The molecule has 6 heteroatoms. The predicted molar refractivity (Wildman–Crippen MR) is 84.2 cm³/mol. The Morgan fingerprint density at radius 1 is 1.43 bits per heavy atom. The Balaban J connectivity index is 1.62. The second-order valence-electron chi connectivity index (χ2n) is 6.57. The highest BCUT2D eigenvalue weighted by molar-refractivity contribution is 5.93. The fourth-order valence-electron chi connectivity index (χ4n) is 2.99. The Labute approximate surface area is 136 Å². The molecule has 0 aromatic heterocycles. The fourth-order valence-corrected chi connectivity index (χ4v) is 2.99. The van der Waals surface area contributed by atoms with Crippen molar-refractivity contribution in [3.8, 4) is 0 Å². The average Bonchev–Trinajstić information content (AvgIpc) is 3.39. The van der Waals surface area contributed by atoms with E-state index in [1.165, 1.54) is 12.8 Å². The van der Waals surface area contributed by atoms with Gasteiger partial charge in [-0.2, -0.15) is 0 Å². The van der Waals surface area contributed by atoms with Gasteiger partial charge in [0, 0.05) is 12.8 Å². The van der Waals surface area contributed by atoms with Gasteiger partial charge in [0.1, 0.15) is 11.9 Å². The minimum Gasteiger partial charge on any atom is -0.500 e. The molecule has 23 heavy (non-hydrogen) atoms. The van der Waals surface area contributed by atoms with Crippen molar-refractivity contribution < 1.29 is 19.1 Å². The number of allylic oxidation sites excluding steroid dienone is 1. The highest BCUT2D eigenvalue weighted by atomic mass is 16.6. The summed E-state index contributed by atoms with van der Waals surface area (Å²) in [6.07, 6.45) is 3.59. The van der Waals surface area contributed by atoms with Gasteiger partial charge >= 0.3 is 0 Å². The number of nitrogens with one attached hydrogen (secondary N) is 2. The van der Waals surface area contributed by atoms with Crippen LogP contribution in [0.4, 0.5) is 0 Å². The minimum atomic E-state index is -0.254. The molecule has 2 saturated heterocycles. The monoisotopic (exact) mass is 320 g/mol. The van der Waals surface area contributed by atoms with Crippen molar-refractivity contribution >= 4 is 11.8 Å². The zero-order chi connectivity index (χ0) is 16.6. The zero-order valence-electron chi connectivity index (χ0n) is 13.7. The van der Waals surface area contributed by atoms with Crippen LogP contribution in [0, 0.1) is 5.92 Å². The van der Waals surface area contributed by atoms with Crippen molar-refractivity contribution in [3.63, 3.8) is 0 Å². The number of ether oxygens (including phenoxy) is 2. The van der Waals surface area contributed by atoms with E-state index in [1.54, 1.807) is 14.0 Å². The van der Waals surface area contributed by atoms with E-state index in [2.05, 4.69) is 17.2 Å². The number of epoxide rings is 1. The summed E-state index contributed by atoms with van der Waals surface area (Å²) in [7, 11) is 1.58. The molecule has 3 fully saturated rings. The summed E-state index contributed by atoms with van der Waals surface area (Å²) in [6.45, 7) is 5.85. The van der Waals surface area contributed by atoms with E-state index < -0.39 is 0 Å². The lowest BCUT2D eigenvalue weighted by atomic mass is 10.0. The third-order valence-corrected chi connectivity index (χ3v) is 4.77. The summed E-state index contributed by atoms with van der Waals surface area (Å²) in [6, 6.07) is -0.147. The van der Waals surface area contributed by atoms with E-state index in [9.17, 15) is 9.59 Å². The van der Waals surface area contributed by atoms with Gasteiger partial charge in [-0.05, 0) is 32.1 Å². The molecule has 0 aromatic rings. The van der Waals surface area contributed by atoms with Gasteiger partial charge < -0.3 is 20.1 Å². The number of rotatable bonds is 6. The Bertz CT molecular complexity index is 565. The maximum absolute atomic E-state index is 12.5.